The second-order valence-electron chi connectivity index (χ2n) is 9.60. The molecule has 1 fully saturated rings. The molecule has 2 aromatic carbocycles. The Kier molecular flexibility index (Phi) is 6.36. The van der Waals surface area contributed by atoms with Gasteiger partial charge < -0.3 is 16.1 Å². The maximum atomic E-state index is 13.8. The SMILES string of the molecule is [2H]C(Nc1cc(Cl)c2ncc(C#N)c(NCCc3ccn(C)n3)c2c1)(C1=CN(C2CC2)NN1)c1ccc(F)cc1. The number of anilines is 2. The summed E-state index contributed by atoms with van der Waals surface area (Å²) >= 11 is 6.70. The Balaban J connectivity index is 1.37. The van der Waals surface area contributed by atoms with Crippen LogP contribution in [0.3, 0.4) is 0 Å². The third kappa shape index (κ3) is 5.32. The van der Waals surface area contributed by atoms with E-state index in [9.17, 15) is 11.0 Å². The molecule has 4 N–H and O–H groups in total. The Labute approximate surface area is 231 Å². The number of nitriles is 1. The van der Waals surface area contributed by atoms with Gasteiger partial charge in [-0.1, -0.05) is 23.7 Å². The average molecular weight is 545 g/mol. The average Bonchev–Trinajstić information content (AvgIpc) is 3.51. The lowest BCUT2D eigenvalue weighted by molar-refractivity contribution is 0.260. The van der Waals surface area contributed by atoms with Crippen molar-refractivity contribution < 1.29 is 5.76 Å². The third-order valence-corrected chi connectivity index (χ3v) is 6.98. The minimum absolute atomic E-state index is 0.366. The van der Waals surface area contributed by atoms with Crippen LogP contribution in [0, 0.1) is 17.1 Å². The first-order chi connectivity index (χ1) is 19.3. The molecular formula is C28H27ClFN9. The van der Waals surface area contributed by atoms with E-state index in [1.54, 1.807) is 22.9 Å². The van der Waals surface area contributed by atoms with Crippen LogP contribution in [0.1, 0.15) is 37.1 Å². The summed E-state index contributed by atoms with van der Waals surface area (Å²) in [6, 6.07) is 12.4. The summed E-state index contributed by atoms with van der Waals surface area (Å²) in [6.07, 6.45) is 8.05. The molecule has 0 bridgehead atoms. The van der Waals surface area contributed by atoms with Crippen LogP contribution >= 0.6 is 11.6 Å². The molecule has 0 saturated heterocycles. The lowest BCUT2D eigenvalue weighted by Crippen LogP contribution is -2.38. The monoisotopic (exact) mass is 544 g/mol. The zero-order chi connectivity index (χ0) is 27.9. The van der Waals surface area contributed by atoms with Gasteiger partial charge in [0, 0.05) is 55.7 Å². The predicted molar refractivity (Wildman–Crippen MR) is 149 cm³/mol. The van der Waals surface area contributed by atoms with Gasteiger partial charge in [0.2, 0.25) is 0 Å². The van der Waals surface area contributed by atoms with Crippen LogP contribution in [0.5, 0.6) is 0 Å². The molecule has 11 heteroatoms. The largest absolute Gasteiger partial charge is 0.383 e. The molecule has 1 saturated carbocycles. The quantitative estimate of drug-likeness (QED) is 0.239. The summed E-state index contributed by atoms with van der Waals surface area (Å²) in [5, 5.41) is 23.9. The van der Waals surface area contributed by atoms with E-state index in [1.165, 1.54) is 18.3 Å². The minimum atomic E-state index is -1.52. The van der Waals surface area contributed by atoms with Gasteiger partial charge in [-0.25, -0.2) is 4.39 Å². The highest BCUT2D eigenvalue weighted by Gasteiger charge is 2.32. The lowest BCUT2D eigenvalue weighted by atomic mass is 10.0. The van der Waals surface area contributed by atoms with Crippen molar-refractivity contribution in [3.63, 3.8) is 0 Å². The van der Waals surface area contributed by atoms with Crippen molar-refractivity contribution in [1.82, 2.24) is 30.7 Å². The molecule has 0 amide bonds. The number of hydrogen-bond acceptors (Lipinski definition) is 8. The Bertz CT molecular complexity index is 1640. The number of rotatable bonds is 9. The van der Waals surface area contributed by atoms with Crippen LogP contribution in [0.4, 0.5) is 15.8 Å². The molecule has 1 unspecified atom stereocenters. The first-order valence-corrected chi connectivity index (χ1v) is 13.0. The molecule has 2 aromatic heterocycles. The van der Waals surface area contributed by atoms with Crippen molar-refractivity contribution in [2.24, 2.45) is 7.05 Å². The molecule has 6 rings (SSSR count). The number of pyridine rings is 1. The fourth-order valence-electron chi connectivity index (χ4n) is 4.58. The fourth-order valence-corrected chi connectivity index (χ4v) is 4.85. The van der Waals surface area contributed by atoms with Crippen molar-refractivity contribution in [1.29, 1.82) is 5.26 Å². The van der Waals surface area contributed by atoms with Gasteiger partial charge in [0.25, 0.3) is 0 Å². The molecule has 0 radical (unpaired) electrons. The predicted octanol–water partition coefficient (Wildman–Crippen LogP) is 4.77. The zero-order valence-corrected chi connectivity index (χ0v) is 21.9. The van der Waals surface area contributed by atoms with Crippen LogP contribution in [-0.4, -0.2) is 32.4 Å². The van der Waals surface area contributed by atoms with Crippen molar-refractivity contribution in [3.8, 4) is 6.07 Å². The third-order valence-electron chi connectivity index (χ3n) is 6.70. The molecule has 9 nitrogen and oxygen atoms in total. The summed E-state index contributed by atoms with van der Waals surface area (Å²) in [6.45, 7) is 0.539. The molecule has 2 aliphatic rings. The van der Waals surface area contributed by atoms with Gasteiger partial charge in [-0.3, -0.25) is 14.7 Å². The van der Waals surface area contributed by atoms with E-state index in [2.05, 4.69) is 37.7 Å². The molecule has 0 spiro atoms. The Morgan fingerprint density at radius 1 is 1.28 bits per heavy atom. The minimum Gasteiger partial charge on any atom is -0.383 e. The number of halogens is 2. The zero-order valence-electron chi connectivity index (χ0n) is 22.2. The van der Waals surface area contributed by atoms with E-state index in [4.69, 9.17) is 11.6 Å². The van der Waals surface area contributed by atoms with Gasteiger partial charge in [-0.05, 0) is 48.7 Å². The van der Waals surface area contributed by atoms with Gasteiger partial charge in [0.15, 0.2) is 0 Å². The van der Waals surface area contributed by atoms with Crippen molar-refractivity contribution in [2.75, 3.05) is 17.2 Å². The Hall–Kier alpha value is -4.33. The van der Waals surface area contributed by atoms with Gasteiger partial charge in [0.05, 0.1) is 40.6 Å². The molecule has 198 valence electrons. The van der Waals surface area contributed by atoms with E-state index >= 15 is 0 Å². The number of aromatic nitrogens is 3. The molecule has 1 atom stereocenters. The van der Waals surface area contributed by atoms with Crippen LogP contribution in [0.15, 0.2) is 66.8 Å². The van der Waals surface area contributed by atoms with Gasteiger partial charge in [-0.15, -0.1) is 5.53 Å². The van der Waals surface area contributed by atoms with Gasteiger partial charge in [0.1, 0.15) is 11.9 Å². The summed E-state index contributed by atoms with van der Waals surface area (Å²) in [4.78, 5) is 4.43. The molecule has 1 aliphatic heterocycles. The lowest BCUT2D eigenvalue weighted by Gasteiger charge is -2.22. The molecule has 4 aromatic rings. The first kappa shape index (κ1) is 23.8. The highest BCUT2D eigenvalue weighted by Crippen LogP contribution is 2.36. The molecule has 1 aliphatic carbocycles. The Morgan fingerprint density at radius 3 is 2.82 bits per heavy atom. The van der Waals surface area contributed by atoms with Crippen LogP contribution in [0.25, 0.3) is 10.9 Å². The maximum absolute atomic E-state index is 13.8. The second kappa shape index (κ2) is 10.4. The first-order valence-electron chi connectivity index (χ1n) is 13.2. The van der Waals surface area contributed by atoms with Crippen molar-refractivity contribution in [3.05, 3.63) is 94.4 Å². The number of nitrogens with zero attached hydrogens (tertiary/aromatic N) is 5. The van der Waals surface area contributed by atoms with Crippen LogP contribution in [-0.2, 0) is 13.5 Å². The second-order valence-corrected chi connectivity index (χ2v) is 10.0. The molecule has 3 heterocycles. The molecular weight excluding hydrogens is 517 g/mol. The topological polar surface area (TPSA) is 106 Å². The highest BCUT2D eigenvalue weighted by atomic mass is 35.5. The summed E-state index contributed by atoms with van der Waals surface area (Å²) in [5.74, 6) is -0.387. The van der Waals surface area contributed by atoms with E-state index in [0.29, 0.717) is 63.1 Å². The smallest absolute Gasteiger partial charge is 0.123 e. The van der Waals surface area contributed by atoms with E-state index in [1.807, 2.05) is 36.6 Å². The number of hydrogen-bond donors (Lipinski definition) is 4. The van der Waals surface area contributed by atoms with Gasteiger partial charge in [-0.2, -0.15) is 10.4 Å². The van der Waals surface area contributed by atoms with Gasteiger partial charge >= 0.3 is 0 Å². The van der Waals surface area contributed by atoms with Crippen molar-refractivity contribution >= 4 is 33.9 Å². The summed E-state index contributed by atoms with van der Waals surface area (Å²) in [5.41, 5.74) is 10.3. The normalized spacial score (nSPS) is 16.7. The molecule has 39 heavy (non-hydrogen) atoms. The number of aryl methyl sites for hydroxylation is 1. The van der Waals surface area contributed by atoms with Crippen molar-refractivity contribution in [2.45, 2.75) is 31.3 Å². The highest BCUT2D eigenvalue weighted by molar-refractivity contribution is 6.35. The van der Waals surface area contributed by atoms with E-state index < -0.39 is 6.02 Å². The van der Waals surface area contributed by atoms with Crippen LogP contribution in [0.2, 0.25) is 5.02 Å². The van der Waals surface area contributed by atoms with E-state index in [-0.39, 0.29) is 5.82 Å². The number of fused-ring (bicyclic) bond motifs is 1. The number of benzene rings is 2. The maximum Gasteiger partial charge on any atom is 0.123 e. The number of nitrogens with one attached hydrogen (secondary N) is 4. The fraction of sp³-hybridized carbons (Fsp3) is 0.250. The number of hydrazine groups is 2. The summed E-state index contributed by atoms with van der Waals surface area (Å²) in [7, 11) is 1.87. The van der Waals surface area contributed by atoms with Crippen LogP contribution < -0.4 is 21.6 Å². The summed E-state index contributed by atoms with van der Waals surface area (Å²) < 4.78 is 25.1. The Morgan fingerprint density at radius 2 is 2.10 bits per heavy atom. The van der Waals surface area contributed by atoms with E-state index in [0.717, 1.165) is 18.5 Å². The standard InChI is InChI=1S/C28H27ClFN9/c1-38-11-9-20(36-38)8-10-32-26-18(14-31)15-33-28-23(26)12-21(13-24(28)29)34-27(17-2-4-19(30)5-3-17)25-16-39(37-35-25)22-6-7-22/h2-5,9,11-13,15-16,22,27,34-35,37H,6-8,10H2,1H3,(H,32,33)/i27D.